The Balaban J connectivity index is 2.43. The summed E-state index contributed by atoms with van der Waals surface area (Å²) >= 11 is 0. The Morgan fingerprint density at radius 3 is 2.12 bits per heavy atom. The molecule has 130 valence electrons. The molecule has 0 saturated carbocycles. The van der Waals surface area contributed by atoms with Crippen molar-refractivity contribution in [2.75, 3.05) is 11.8 Å². The van der Waals surface area contributed by atoms with E-state index in [4.69, 9.17) is 4.74 Å². The van der Waals surface area contributed by atoms with Crippen LogP contribution < -0.4 is 9.46 Å². The van der Waals surface area contributed by atoms with E-state index in [0.717, 1.165) is 11.1 Å². The predicted molar refractivity (Wildman–Crippen MR) is 98.4 cm³/mol. The molecule has 0 heterocycles. The first kappa shape index (κ1) is 18.3. The molecule has 0 bridgehead atoms. The first-order valence-corrected chi connectivity index (χ1v) is 9.54. The van der Waals surface area contributed by atoms with Gasteiger partial charge in [0.2, 0.25) is 0 Å². The molecule has 0 aliphatic heterocycles. The van der Waals surface area contributed by atoms with Gasteiger partial charge in [-0.15, -0.1) is 0 Å². The second-order valence-electron chi connectivity index (χ2n) is 6.41. The predicted octanol–water partition coefficient (Wildman–Crippen LogP) is 4.74. The van der Waals surface area contributed by atoms with Crippen LogP contribution in [0.4, 0.5) is 5.69 Å². The summed E-state index contributed by atoms with van der Waals surface area (Å²) in [5.41, 5.74) is 2.46. The van der Waals surface area contributed by atoms with Crippen LogP contribution in [-0.2, 0) is 10.0 Å². The minimum Gasteiger partial charge on any atom is -0.496 e. The Labute approximate surface area is 144 Å². The standard InChI is InChI=1S/C19H25NO3S/c1-13(2)16-8-6-7-9-18(16)20-24(21,22)15-10-11-19(23-5)17(12-15)14(3)4/h6-14,20H,1-5H3. The van der Waals surface area contributed by atoms with Gasteiger partial charge >= 0.3 is 0 Å². The highest BCUT2D eigenvalue weighted by Gasteiger charge is 2.19. The molecule has 0 aliphatic rings. The normalized spacial score (nSPS) is 11.8. The third-order valence-electron chi connectivity index (χ3n) is 3.96. The highest BCUT2D eigenvalue weighted by molar-refractivity contribution is 7.92. The van der Waals surface area contributed by atoms with E-state index in [1.165, 1.54) is 0 Å². The van der Waals surface area contributed by atoms with Gasteiger partial charge in [0.05, 0.1) is 17.7 Å². The van der Waals surface area contributed by atoms with Crippen molar-refractivity contribution in [2.24, 2.45) is 0 Å². The number of benzene rings is 2. The van der Waals surface area contributed by atoms with Gasteiger partial charge in [0.1, 0.15) is 5.75 Å². The lowest BCUT2D eigenvalue weighted by Crippen LogP contribution is -2.15. The summed E-state index contributed by atoms with van der Waals surface area (Å²) in [5, 5.41) is 0. The highest BCUT2D eigenvalue weighted by atomic mass is 32.2. The number of ether oxygens (including phenoxy) is 1. The highest BCUT2D eigenvalue weighted by Crippen LogP contribution is 2.31. The Morgan fingerprint density at radius 2 is 1.54 bits per heavy atom. The molecule has 0 aliphatic carbocycles. The second-order valence-corrected chi connectivity index (χ2v) is 8.09. The smallest absolute Gasteiger partial charge is 0.261 e. The maximum absolute atomic E-state index is 12.8. The topological polar surface area (TPSA) is 55.4 Å². The molecule has 0 spiro atoms. The van der Waals surface area contributed by atoms with Crippen molar-refractivity contribution in [3.63, 3.8) is 0 Å². The van der Waals surface area contributed by atoms with E-state index in [9.17, 15) is 8.42 Å². The number of sulfonamides is 1. The van der Waals surface area contributed by atoms with Gasteiger partial charge in [-0.05, 0) is 47.2 Å². The fraction of sp³-hybridized carbons (Fsp3) is 0.368. The lowest BCUT2D eigenvalue weighted by molar-refractivity contribution is 0.407. The monoisotopic (exact) mass is 347 g/mol. The summed E-state index contributed by atoms with van der Waals surface area (Å²) in [6, 6.07) is 12.4. The summed E-state index contributed by atoms with van der Waals surface area (Å²) in [5.74, 6) is 1.09. The van der Waals surface area contributed by atoms with E-state index >= 15 is 0 Å². The summed E-state index contributed by atoms with van der Waals surface area (Å²) in [6.45, 7) is 8.10. The first-order valence-electron chi connectivity index (χ1n) is 8.06. The summed E-state index contributed by atoms with van der Waals surface area (Å²) in [7, 11) is -2.07. The summed E-state index contributed by atoms with van der Waals surface area (Å²) in [4.78, 5) is 0.241. The fourth-order valence-electron chi connectivity index (χ4n) is 2.63. The molecule has 24 heavy (non-hydrogen) atoms. The Kier molecular flexibility index (Phi) is 5.54. The average Bonchev–Trinajstić information content (AvgIpc) is 2.54. The van der Waals surface area contributed by atoms with Gasteiger partial charge in [-0.1, -0.05) is 45.9 Å². The van der Waals surface area contributed by atoms with Crippen molar-refractivity contribution in [2.45, 2.75) is 44.4 Å². The molecule has 2 rings (SSSR count). The Bertz CT molecular complexity index is 811. The molecule has 0 unspecified atom stereocenters. The van der Waals surface area contributed by atoms with Crippen LogP contribution in [-0.4, -0.2) is 15.5 Å². The molecule has 0 atom stereocenters. The van der Waals surface area contributed by atoms with E-state index < -0.39 is 10.0 Å². The maximum atomic E-state index is 12.8. The van der Waals surface area contributed by atoms with Gasteiger partial charge in [0.15, 0.2) is 0 Å². The van der Waals surface area contributed by atoms with Crippen molar-refractivity contribution in [3.05, 3.63) is 53.6 Å². The number of anilines is 1. The largest absolute Gasteiger partial charge is 0.496 e. The fourth-order valence-corrected chi connectivity index (χ4v) is 3.75. The average molecular weight is 347 g/mol. The van der Waals surface area contributed by atoms with Crippen LogP contribution in [0.3, 0.4) is 0 Å². The van der Waals surface area contributed by atoms with E-state index in [-0.39, 0.29) is 16.7 Å². The zero-order valence-corrected chi connectivity index (χ0v) is 15.6. The third kappa shape index (κ3) is 3.90. The summed E-state index contributed by atoms with van der Waals surface area (Å²) < 4.78 is 33.6. The molecule has 5 heteroatoms. The van der Waals surface area contributed by atoms with E-state index in [2.05, 4.69) is 4.72 Å². The zero-order chi connectivity index (χ0) is 17.9. The molecular formula is C19H25NO3S. The van der Waals surface area contributed by atoms with Gasteiger partial charge in [0, 0.05) is 0 Å². The molecule has 0 saturated heterocycles. The van der Waals surface area contributed by atoms with Crippen molar-refractivity contribution in [1.29, 1.82) is 0 Å². The zero-order valence-electron chi connectivity index (χ0n) is 14.8. The maximum Gasteiger partial charge on any atom is 0.261 e. The van der Waals surface area contributed by atoms with Crippen molar-refractivity contribution in [1.82, 2.24) is 0 Å². The van der Waals surface area contributed by atoms with Crippen LogP contribution in [0.2, 0.25) is 0 Å². The molecule has 4 nitrogen and oxygen atoms in total. The first-order chi connectivity index (χ1) is 11.3. The van der Waals surface area contributed by atoms with Crippen molar-refractivity contribution < 1.29 is 13.2 Å². The van der Waals surface area contributed by atoms with Gasteiger partial charge in [-0.2, -0.15) is 0 Å². The van der Waals surface area contributed by atoms with Gasteiger partial charge < -0.3 is 4.74 Å². The number of rotatable bonds is 6. The molecule has 0 aromatic heterocycles. The second kappa shape index (κ2) is 7.26. The van der Waals surface area contributed by atoms with Crippen LogP contribution in [0.15, 0.2) is 47.4 Å². The molecule has 1 N–H and O–H groups in total. The van der Waals surface area contributed by atoms with Gasteiger partial charge in [-0.25, -0.2) is 8.42 Å². The van der Waals surface area contributed by atoms with Crippen LogP contribution >= 0.6 is 0 Å². The van der Waals surface area contributed by atoms with Crippen LogP contribution in [0.5, 0.6) is 5.75 Å². The van der Waals surface area contributed by atoms with Gasteiger partial charge in [-0.3, -0.25) is 4.72 Å². The quantitative estimate of drug-likeness (QED) is 0.821. The molecule has 2 aromatic carbocycles. The van der Waals surface area contributed by atoms with E-state index in [0.29, 0.717) is 11.4 Å². The number of nitrogens with one attached hydrogen (secondary N) is 1. The van der Waals surface area contributed by atoms with Gasteiger partial charge in [0.25, 0.3) is 10.0 Å². The summed E-state index contributed by atoms with van der Waals surface area (Å²) in [6.07, 6.45) is 0. The number of hydrogen-bond acceptors (Lipinski definition) is 3. The van der Waals surface area contributed by atoms with E-state index in [1.54, 1.807) is 31.4 Å². The lowest BCUT2D eigenvalue weighted by Gasteiger charge is -2.17. The van der Waals surface area contributed by atoms with Crippen molar-refractivity contribution in [3.8, 4) is 5.75 Å². The molecular weight excluding hydrogens is 322 g/mol. The minimum atomic E-state index is -3.66. The van der Waals surface area contributed by atoms with Crippen LogP contribution in [0.25, 0.3) is 0 Å². The third-order valence-corrected chi connectivity index (χ3v) is 5.32. The van der Waals surface area contributed by atoms with Crippen LogP contribution in [0, 0.1) is 0 Å². The molecule has 2 aromatic rings. The molecule has 0 amide bonds. The Morgan fingerprint density at radius 1 is 0.917 bits per heavy atom. The van der Waals surface area contributed by atoms with Crippen molar-refractivity contribution >= 4 is 15.7 Å². The van der Waals surface area contributed by atoms with E-state index in [1.807, 2.05) is 45.9 Å². The molecule has 0 fully saturated rings. The number of hydrogen-bond donors (Lipinski definition) is 1. The minimum absolute atomic E-state index is 0.165. The SMILES string of the molecule is COc1ccc(S(=O)(=O)Nc2ccccc2C(C)C)cc1C(C)C. The number of para-hydroxylation sites is 1. The number of methoxy groups -OCH3 is 1. The Hall–Kier alpha value is -2.01. The van der Waals surface area contributed by atoms with Crippen LogP contribution in [0.1, 0.15) is 50.7 Å². The lowest BCUT2D eigenvalue weighted by atomic mass is 10.0. The molecule has 0 radical (unpaired) electrons.